The summed E-state index contributed by atoms with van der Waals surface area (Å²) in [5.74, 6) is -0.0438. The number of allylic oxidation sites excluding steroid dienone is 2. The monoisotopic (exact) mass is 585 g/mol. The van der Waals surface area contributed by atoms with Crippen LogP contribution in [0.2, 0.25) is 0 Å². The van der Waals surface area contributed by atoms with Gasteiger partial charge >= 0.3 is 0 Å². The Morgan fingerprint density at radius 1 is 1.12 bits per heavy atom. The first kappa shape index (κ1) is 31.0. The standard InChI is InChI=1S/C36H47N3O4/c1-24-15-17-36(18-16-24)20-27(36)12-11-25-19-28(13-14-29(25)34(37)42)39-23-26(9-7-5-4-6-8-10-32(41)38-43)33-30(39)21-35(2,3)22-31(33)40/h11-14,19,23,27,43H,1,4-10,15-18,20-22H2,2-3H3,(H2,37,42)(H,38,41)/b12-11+/t27-/m1/s1. The van der Waals surface area contributed by atoms with Gasteiger partial charge in [0.2, 0.25) is 11.8 Å². The third kappa shape index (κ3) is 7.04. The number of nitrogens with zero attached hydrogens (tertiary/aromatic N) is 1. The Labute approximate surface area is 255 Å². The maximum absolute atomic E-state index is 13.4. The maximum Gasteiger partial charge on any atom is 0.249 e. The highest BCUT2D eigenvalue weighted by molar-refractivity contribution is 6.00. The molecule has 1 aromatic heterocycles. The Morgan fingerprint density at radius 3 is 2.56 bits per heavy atom. The van der Waals surface area contributed by atoms with Gasteiger partial charge in [0.15, 0.2) is 5.78 Å². The molecule has 1 aromatic carbocycles. The van der Waals surface area contributed by atoms with Crippen LogP contribution in [0.15, 0.2) is 42.6 Å². The summed E-state index contributed by atoms with van der Waals surface area (Å²) < 4.78 is 2.17. The molecule has 43 heavy (non-hydrogen) atoms. The lowest BCUT2D eigenvalue weighted by Crippen LogP contribution is -2.28. The highest BCUT2D eigenvalue weighted by Gasteiger charge is 2.52. The van der Waals surface area contributed by atoms with Gasteiger partial charge in [-0.15, -0.1) is 0 Å². The number of carbonyl (C=O) groups excluding carboxylic acids is 3. The third-order valence-electron chi connectivity index (χ3n) is 10.0. The number of nitrogens with two attached hydrogens (primary N) is 1. The number of carbonyl (C=O) groups is 3. The minimum atomic E-state index is -0.436. The quantitative estimate of drug-likeness (QED) is 0.105. The van der Waals surface area contributed by atoms with Gasteiger partial charge in [-0.1, -0.05) is 57.4 Å². The van der Waals surface area contributed by atoms with Gasteiger partial charge in [0, 0.05) is 41.5 Å². The summed E-state index contributed by atoms with van der Waals surface area (Å²) in [7, 11) is 0. The van der Waals surface area contributed by atoms with Gasteiger partial charge in [-0.05, 0) is 104 Å². The number of unbranched alkanes of at least 4 members (excludes halogenated alkanes) is 4. The van der Waals surface area contributed by atoms with E-state index < -0.39 is 5.91 Å². The van der Waals surface area contributed by atoms with Crippen LogP contribution in [0.3, 0.4) is 0 Å². The van der Waals surface area contributed by atoms with E-state index in [0.29, 0.717) is 29.7 Å². The van der Waals surface area contributed by atoms with Crippen LogP contribution < -0.4 is 11.2 Å². The van der Waals surface area contributed by atoms with Crippen molar-refractivity contribution in [1.82, 2.24) is 10.0 Å². The molecule has 0 saturated heterocycles. The summed E-state index contributed by atoms with van der Waals surface area (Å²) >= 11 is 0. The molecule has 7 heteroatoms. The topological polar surface area (TPSA) is 114 Å². The largest absolute Gasteiger partial charge is 0.366 e. The van der Waals surface area contributed by atoms with Crippen LogP contribution in [-0.2, 0) is 17.6 Å². The highest BCUT2D eigenvalue weighted by atomic mass is 16.5. The van der Waals surface area contributed by atoms with Crippen LogP contribution >= 0.6 is 0 Å². The normalized spacial score (nSPS) is 20.4. The molecular formula is C36H47N3O4. The molecular weight excluding hydrogens is 538 g/mol. The summed E-state index contributed by atoms with van der Waals surface area (Å²) in [4.78, 5) is 37.0. The van der Waals surface area contributed by atoms with Gasteiger partial charge in [-0.3, -0.25) is 19.6 Å². The zero-order valence-electron chi connectivity index (χ0n) is 25.8. The molecule has 7 nitrogen and oxygen atoms in total. The SMILES string of the molecule is C=C1CCC2(CC1)C[C@H]2/C=C/c1cc(-n2cc(CCCCCCCC(=O)NO)c3c2CC(C)(C)CC3=O)ccc1C(N)=O. The second kappa shape index (κ2) is 12.7. The lowest BCUT2D eigenvalue weighted by molar-refractivity contribution is -0.129. The third-order valence-corrected chi connectivity index (χ3v) is 10.0. The van der Waals surface area contributed by atoms with E-state index in [1.165, 1.54) is 24.8 Å². The number of hydrogen-bond donors (Lipinski definition) is 3. The van der Waals surface area contributed by atoms with Crippen molar-refractivity contribution in [3.63, 3.8) is 0 Å². The van der Waals surface area contributed by atoms with Crippen molar-refractivity contribution >= 4 is 23.7 Å². The summed E-state index contributed by atoms with van der Waals surface area (Å²) in [6, 6.07) is 5.82. The number of fused-ring (bicyclic) bond motifs is 1. The molecule has 0 radical (unpaired) electrons. The summed E-state index contributed by atoms with van der Waals surface area (Å²) in [6.07, 6.45) is 19.5. The van der Waals surface area contributed by atoms with Crippen molar-refractivity contribution in [3.05, 3.63) is 70.6 Å². The van der Waals surface area contributed by atoms with Crippen molar-refractivity contribution in [1.29, 1.82) is 0 Å². The first-order valence-corrected chi connectivity index (χ1v) is 16.0. The van der Waals surface area contributed by atoms with E-state index in [4.69, 9.17) is 10.9 Å². The van der Waals surface area contributed by atoms with E-state index in [0.717, 1.165) is 85.9 Å². The summed E-state index contributed by atoms with van der Waals surface area (Å²) in [5, 5.41) is 8.64. The molecule has 0 unspecified atom stereocenters. The molecule has 5 rings (SSSR count). The molecule has 3 aliphatic carbocycles. The first-order chi connectivity index (χ1) is 20.5. The van der Waals surface area contributed by atoms with Crippen molar-refractivity contribution in [2.75, 3.05) is 0 Å². The van der Waals surface area contributed by atoms with Gasteiger partial charge in [-0.2, -0.15) is 0 Å². The van der Waals surface area contributed by atoms with E-state index in [-0.39, 0.29) is 17.1 Å². The number of hydroxylamine groups is 1. The predicted molar refractivity (Wildman–Crippen MR) is 169 cm³/mol. The average molecular weight is 586 g/mol. The Hall–Kier alpha value is -3.45. The van der Waals surface area contributed by atoms with Crippen molar-refractivity contribution < 1.29 is 19.6 Å². The maximum atomic E-state index is 13.4. The lowest BCUT2D eigenvalue weighted by Gasteiger charge is -2.30. The number of benzene rings is 1. The van der Waals surface area contributed by atoms with Gasteiger partial charge in [-0.25, -0.2) is 5.48 Å². The molecule has 2 amide bonds. The predicted octanol–water partition coefficient (Wildman–Crippen LogP) is 7.27. The van der Waals surface area contributed by atoms with Crippen LogP contribution in [0.5, 0.6) is 0 Å². The Bertz CT molecular complexity index is 1440. The minimum absolute atomic E-state index is 0.125. The van der Waals surface area contributed by atoms with Crippen molar-refractivity contribution in [3.8, 4) is 5.69 Å². The zero-order valence-corrected chi connectivity index (χ0v) is 25.8. The van der Waals surface area contributed by atoms with Crippen LogP contribution in [-0.4, -0.2) is 27.4 Å². The fraction of sp³-hybridized carbons (Fsp3) is 0.528. The molecule has 4 N–H and O–H groups in total. The van der Waals surface area contributed by atoms with E-state index in [1.54, 1.807) is 5.48 Å². The Balaban J connectivity index is 1.36. The lowest BCUT2D eigenvalue weighted by atomic mass is 9.75. The molecule has 1 heterocycles. The summed E-state index contributed by atoms with van der Waals surface area (Å²) in [6.45, 7) is 8.47. The number of aromatic nitrogens is 1. The Morgan fingerprint density at radius 2 is 1.84 bits per heavy atom. The molecule has 1 atom stereocenters. The number of Topliss-reactive ketones (excluding diaryl/α,β-unsaturated/α-hetero) is 1. The molecule has 0 aliphatic heterocycles. The molecule has 230 valence electrons. The van der Waals surface area contributed by atoms with E-state index in [2.05, 4.69) is 43.3 Å². The second-order valence-electron chi connectivity index (χ2n) is 14.0. The number of rotatable bonds is 12. The molecule has 2 aromatic rings. The fourth-order valence-electron chi connectivity index (χ4n) is 7.37. The fourth-order valence-corrected chi connectivity index (χ4v) is 7.37. The smallest absolute Gasteiger partial charge is 0.249 e. The zero-order chi connectivity index (χ0) is 30.8. The van der Waals surface area contributed by atoms with Gasteiger partial charge in [0.1, 0.15) is 0 Å². The number of aryl methyl sites for hydroxylation is 1. The van der Waals surface area contributed by atoms with Crippen molar-refractivity contribution in [2.24, 2.45) is 22.5 Å². The van der Waals surface area contributed by atoms with Crippen LogP contribution in [0.4, 0.5) is 0 Å². The van der Waals surface area contributed by atoms with Crippen LogP contribution in [0, 0.1) is 16.7 Å². The highest BCUT2D eigenvalue weighted by Crippen LogP contribution is 2.62. The van der Waals surface area contributed by atoms with Gasteiger partial charge in [0.25, 0.3) is 0 Å². The number of ketones is 1. The number of nitrogens with one attached hydrogen (secondary N) is 1. The number of primary amides is 1. The molecule has 3 aliphatic rings. The number of amides is 2. The molecule has 0 bridgehead atoms. The van der Waals surface area contributed by atoms with Crippen LogP contribution in [0.25, 0.3) is 11.8 Å². The van der Waals surface area contributed by atoms with Crippen LogP contribution in [0.1, 0.15) is 128 Å². The van der Waals surface area contributed by atoms with E-state index >= 15 is 0 Å². The summed E-state index contributed by atoms with van der Waals surface area (Å²) in [5.41, 5.74) is 14.4. The molecule has 1 spiro atoms. The van der Waals surface area contributed by atoms with Gasteiger partial charge < -0.3 is 10.3 Å². The average Bonchev–Trinajstić information content (AvgIpc) is 3.51. The van der Waals surface area contributed by atoms with Gasteiger partial charge in [0.05, 0.1) is 0 Å². The number of hydrogen-bond acceptors (Lipinski definition) is 4. The van der Waals surface area contributed by atoms with E-state index in [1.807, 2.05) is 18.2 Å². The van der Waals surface area contributed by atoms with Crippen molar-refractivity contribution in [2.45, 2.75) is 104 Å². The Kier molecular flexibility index (Phi) is 9.12. The second-order valence-corrected chi connectivity index (χ2v) is 14.0. The first-order valence-electron chi connectivity index (χ1n) is 16.0. The molecule has 2 fully saturated rings. The van der Waals surface area contributed by atoms with E-state index in [9.17, 15) is 14.4 Å². The molecule has 2 saturated carbocycles. The minimum Gasteiger partial charge on any atom is -0.366 e.